The van der Waals surface area contributed by atoms with Gasteiger partial charge in [0.15, 0.2) is 0 Å². The number of ether oxygens (including phenoxy) is 3. The number of benzene rings is 1. The molecule has 0 aromatic heterocycles. The summed E-state index contributed by atoms with van der Waals surface area (Å²) in [6, 6.07) is 5.50. The van der Waals surface area contributed by atoms with Gasteiger partial charge in [0, 0.05) is 38.3 Å². The second kappa shape index (κ2) is 15.0. The van der Waals surface area contributed by atoms with Crippen molar-refractivity contribution < 1.29 is 46.6 Å². The van der Waals surface area contributed by atoms with E-state index in [1.54, 1.807) is 4.90 Å². The smallest absolute Gasteiger partial charge is 0.410 e. The van der Waals surface area contributed by atoms with Crippen molar-refractivity contribution in [2.75, 3.05) is 19.8 Å². The van der Waals surface area contributed by atoms with Gasteiger partial charge < -0.3 is 29.7 Å². The van der Waals surface area contributed by atoms with Crippen LogP contribution in [0.4, 0.5) is 9.59 Å². The number of hydrogen-bond donors (Lipinski definition) is 3. The van der Waals surface area contributed by atoms with Crippen molar-refractivity contribution in [2.24, 2.45) is 5.92 Å². The second-order valence-corrected chi connectivity index (χ2v) is 16.8. The maximum absolute atomic E-state index is 14.4. The Morgan fingerprint density at radius 3 is 2.37 bits per heavy atom. The number of nitrogens with zero attached hydrogens (tertiary/aromatic N) is 2. The Labute approximate surface area is 303 Å². The van der Waals surface area contributed by atoms with E-state index >= 15 is 0 Å². The summed E-state index contributed by atoms with van der Waals surface area (Å²) in [5, 5.41) is 4.94. The SMILES string of the molecule is O=C(N[C@H]1CCCCCC=C[C@@H]2C[C@@]2(C(=O)NS(=O)(=O)C2CC2)NC(=O)[C@@H]2C[C@@H](OC(=O)N3Cc4ccccc4C3)CN2C1=O)OC1CCOCC1. The summed E-state index contributed by atoms with van der Waals surface area (Å²) < 4.78 is 44.6. The Hall–Kier alpha value is -4.18. The molecule has 4 aliphatic heterocycles. The molecule has 16 heteroatoms. The molecular weight excluding hydrogens is 694 g/mol. The predicted molar refractivity (Wildman–Crippen MR) is 185 cm³/mol. The minimum atomic E-state index is -3.90. The van der Waals surface area contributed by atoms with Crippen LogP contribution in [0.1, 0.15) is 81.8 Å². The zero-order chi connectivity index (χ0) is 36.5. The number of hydrogen-bond acceptors (Lipinski definition) is 10. The summed E-state index contributed by atoms with van der Waals surface area (Å²) in [6.07, 6.45) is 6.51. The second-order valence-electron chi connectivity index (χ2n) is 14.8. The van der Waals surface area contributed by atoms with Crippen LogP contribution < -0.4 is 15.4 Å². The summed E-state index contributed by atoms with van der Waals surface area (Å²) in [5.74, 6) is -2.46. The van der Waals surface area contributed by atoms with Gasteiger partial charge in [0.05, 0.1) is 25.0 Å². The topological polar surface area (TPSA) is 190 Å². The van der Waals surface area contributed by atoms with Crippen LogP contribution in [0.5, 0.6) is 0 Å². The van der Waals surface area contributed by atoms with Crippen LogP contribution in [0.2, 0.25) is 0 Å². The standard InChI is InChI=1S/C36H47N5O10S/c42-31-30-18-27(51-35(46)40-20-23-8-6-7-9-24(23)21-40)22-41(30)32(43)29(37-34(45)50-26-14-16-49-17-15-26)11-5-3-1-2-4-10-25-19-36(25,38-31)33(44)39-52(47,48)28-12-13-28/h4,6-10,25-30H,1-3,5,11-22H2,(H,37,45)(H,38,42)(H,39,44)/t25-,27-,29+,30+,36-/m1/s1. The number of sulfonamides is 1. The van der Waals surface area contributed by atoms with Crippen molar-refractivity contribution in [2.45, 2.75) is 119 Å². The molecule has 2 aliphatic carbocycles. The lowest BCUT2D eigenvalue weighted by molar-refractivity contribution is -0.141. The molecular formula is C36H47N5O10S. The van der Waals surface area contributed by atoms with Crippen LogP contribution in [0.25, 0.3) is 0 Å². The van der Waals surface area contributed by atoms with Gasteiger partial charge in [0.2, 0.25) is 21.8 Å². The van der Waals surface area contributed by atoms with E-state index in [0.717, 1.165) is 24.0 Å². The Morgan fingerprint density at radius 1 is 0.923 bits per heavy atom. The molecule has 15 nitrogen and oxygen atoms in total. The van der Waals surface area contributed by atoms with Gasteiger partial charge in [0.1, 0.15) is 29.8 Å². The predicted octanol–water partition coefficient (Wildman–Crippen LogP) is 2.39. The molecule has 52 heavy (non-hydrogen) atoms. The Balaban J connectivity index is 1.12. The van der Waals surface area contributed by atoms with Crippen molar-refractivity contribution in [3.05, 3.63) is 47.5 Å². The molecule has 3 N–H and O–H groups in total. The zero-order valence-electron chi connectivity index (χ0n) is 29.1. The average Bonchev–Trinajstić information content (AvgIpc) is 4.01. The van der Waals surface area contributed by atoms with E-state index in [9.17, 15) is 32.4 Å². The zero-order valence-corrected chi connectivity index (χ0v) is 29.9. The highest BCUT2D eigenvalue weighted by atomic mass is 32.2. The highest BCUT2D eigenvalue weighted by Gasteiger charge is 2.62. The normalized spacial score (nSPS) is 29.8. The number of allylic oxidation sites excluding steroid dienone is 1. The molecule has 0 spiro atoms. The van der Waals surface area contributed by atoms with Crippen LogP contribution >= 0.6 is 0 Å². The van der Waals surface area contributed by atoms with E-state index in [1.165, 1.54) is 4.90 Å². The fourth-order valence-corrected chi connectivity index (χ4v) is 9.01. The monoisotopic (exact) mass is 741 g/mol. The Bertz CT molecular complexity index is 1680. The fourth-order valence-electron chi connectivity index (χ4n) is 7.65. The third kappa shape index (κ3) is 8.07. The summed E-state index contributed by atoms with van der Waals surface area (Å²) in [6.45, 7) is 1.55. The van der Waals surface area contributed by atoms with Crippen molar-refractivity contribution in [3.63, 3.8) is 0 Å². The lowest BCUT2D eigenvalue weighted by Gasteiger charge is -2.30. The summed E-state index contributed by atoms with van der Waals surface area (Å²) in [7, 11) is -3.90. The van der Waals surface area contributed by atoms with Crippen molar-refractivity contribution in [3.8, 4) is 0 Å². The molecule has 0 unspecified atom stereocenters. The van der Waals surface area contributed by atoms with Gasteiger partial charge in [-0.15, -0.1) is 0 Å². The Kier molecular flexibility index (Phi) is 10.5. The number of nitrogens with one attached hydrogen (secondary N) is 3. The molecule has 5 amide bonds. The maximum atomic E-state index is 14.4. The lowest BCUT2D eigenvalue weighted by Crippen LogP contribution is -2.58. The van der Waals surface area contributed by atoms with Crippen LogP contribution in [0.3, 0.4) is 0 Å². The van der Waals surface area contributed by atoms with Gasteiger partial charge in [-0.05, 0) is 49.7 Å². The summed E-state index contributed by atoms with van der Waals surface area (Å²) >= 11 is 0. The van der Waals surface area contributed by atoms with E-state index in [1.807, 2.05) is 36.4 Å². The fraction of sp³-hybridized carbons (Fsp3) is 0.639. The molecule has 4 heterocycles. The first-order valence-electron chi connectivity index (χ1n) is 18.4. The minimum absolute atomic E-state index is 0.0537. The molecule has 1 aromatic rings. The van der Waals surface area contributed by atoms with E-state index in [0.29, 0.717) is 71.2 Å². The first kappa shape index (κ1) is 36.2. The molecule has 1 aromatic carbocycles. The molecule has 2 saturated heterocycles. The van der Waals surface area contributed by atoms with Gasteiger partial charge >= 0.3 is 12.2 Å². The largest absolute Gasteiger partial charge is 0.446 e. The van der Waals surface area contributed by atoms with Gasteiger partial charge in [-0.3, -0.25) is 24.0 Å². The number of alkyl carbamates (subject to hydrolysis) is 1. The Morgan fingerprint density at radius 2 is 1.65 bits per heavy atom. The molecule has 6 aliphatic rings. The average molecular weight is 742 g/mol. The molecule has 0 bridgehead atoms. The first-order chi connectivity index (χ1) is 25.0. The van der Waals surface area contributed by atoms with Crippen LogP contribution in [-0.4, -0.2) is 103 Å². The first-order valence-corrected chi connectivity index (χ1v) is 20.0. The number of carbonyl (C=O) groups excluding carboxylic acids is 5. The molecule has 7 rings (SSSR count). The van der Waals surface area contributed by atoms with E-state index in [4.69, 9.17) is 14.2 Å². The highest BCUT2D eigenvalue weighted by Crippen LogP contribution is 2.46. The molecule has 5 atom stereocenters. The van der Waals surface area contributed by atoms with Crippen molar-refractivity contribution >= 4 is 39.9 Å². The van der Waals surface area contributed by atoms with E-state index in [-0.39, 0.29) is 25.5 Å². The molecule has 2 saturated carbocycles. The molecule has 282 valence electrons. The van der Waals surface area contributed by atoms with Gasteiger partial charge in [-0.25, -0.2) is 18.0 Å². The van der Waals surface area contributed by atoms with Crippen molar-refractivity contribution in [1.29, 1.82) is 0 Å². The number of carbonyl (C=O) groups is 5. The highest BCUT2D eigenvalue weighted by molar-refractivity contribution is 7.91. The lowest BCUT2D eigenvalue weighted by atomic mass is 10.0. The van der Waals surface area contributed by atoms with E-state index in [2.05, 4.69) is 15.4 Å². The van der Waals surface area contributed by atoms with Crippen LogP contribution in [-0.2, 0) is 51.7 Å². The minimum Gasteiger partial charge on any atom is -0.446 e. The van der Waals surface area contributed by atoms with Gasteiger partial charge in [-0.1, -0.05) is 49.3 Å². The van der Waals surface area contributed by atoms with Crippen molar-refractivity contribution in [1.82, 2.24) is 25.2 Å². The molecule has 4 fully saturated rings. The number of rotatable bonds is 6. The van der Waals surface area contributed by atoms with Crippen LogP contribution in [0.15, 0.2) is 36.4 Å². The van der Waals surface area contributed by atoms with Crippen LogP contribution in [0, 0.1) is 5.92 Å². The van der Waals surface area contributed by atoms with Gasteiger partial charge in [0.25, 0.3) is 5.91 Å². The molecule has 0 radical (unpaired) electrons. The number of fused-ring (bicyclic) bond motifs is 3. The quantitative estimate of drug-likeness (QED) is 0.365. The number of amides is 5. The third-order valence-electron chi connectivity index (χ3n) is 10.9. The summed E-state index contributed by atoms with van der Waals surface area (Å²) in [4.78, 5) is 71.6. The maximum Gasteiger partial charge on any atom is 0.410 e. The van der Waals surface area contributed by atoms with Gasteiger partial charge in [-0.2, -0.15) is 0 Å². The summed E-state index contributed by atoms with van der Waals surface area (Å²) in [5.41, 5.74) is 0.496. The third-order valence-corrected chi connectivity index (χ3v) is 12.8. The van der Waals surface area contributed by atoms with E-state index < -0.39 is 74.8 Å².